The van der Waals surface area contributed by atoms with Crippen LogP contribution in [0.1, 0.15) is 80.5 Å². The fourth-order valence-corrected chi connectivity index (χ4v) is 53.7. The molecule has 109 heavy (non-hydrogen) atoms. The van der Waals surface area contributed by atoms with Crippen molar-refractivity contribution in [1.82, 2.24) is 0 Å². The van der Waals surface area contributed by atoms with Crippen LogP contribution in [0.5, 0.6) is 46.0 Å². The fourth-order valence-electron chi connectivity index (χ4n) is 8.25. The molecule has 0 bridgehead atoms. The van der Waals surface area contributed by atoms with Gasteiger partial charge in [-0.1, -0.05) is 0 Å². The number of aliphatic carboxylic acids is 1. The molecular weight excluding hydrogens is 1890 g/mol. The number of halogens is 7. The minimum Gasteiger partial charge on any atom is -0.870 e. The van der Waals surface area contributed by atoms with Crippen LogP contribution in [0.25, 0.3) is 40.3 Å². The third-order valence-electron chi connectivity index (χ3n) is 13.1. The largest absolute Gasteiger partial charge is 1.00 e. The van der Waals surface area contributed by atoms with Gasteiger partial charge in [0.25, 0.3) is 11.8 Å². The zero-order valence-corrected chi connectivity index (χ0v) is 77.0. The molecule has 0 saturated heterocycles. The number of hydrogen-bond donors (Lipinski definition) is 1. The molecule has 0 aliphatic carbocycles. The standard InChI is InChI=1S/C15H15F3O4S.C15H15FO5S.C15H16O5S.C14H13F3O4S.Li.H2O.S19/c1-20-9-7-10-8(13(16)14(9)22-3)6-11(23-10)15(17,18)5-4-12(19)21-2;1-19-10-7-11-8(14(16)15(10)21-3)6-12(22-11)9(17)4-5-13(18)20-2;1-18-11-6-9-7-14(10(16)4-5-15(17)20-3)21-13(9)8-12(11)19-2;1-20-8-6-9-7(12(15)13(8)21-2)5-10(22-9)14(16,17)4-3-11(18)19;;;1-3-5-7-9-11-13-15-17-19-18-16-14-12-10-8-6-4-2/h6-7H,4-5H2,1-3H3;6-7H,4-5H2,1-3H3;6-8H,4-5H2,1-3H3;5-6H,3-4H2,1-2H3,(H,18,19);;1H2;/q;;;;+1;;/p-1. The number of carbonyl (C=O) groups is 6. The number of rotatable bonds is 24. The molecule has 0 aliphatic heterocycles. The van der Waals surface area contributed by atoms with Crippen LogP contribution in [0.3, 0.4) is 0 Å². The average molecular weight is 1950 g/mol. The summed E-state index contributed by atoms with van der Waals surface area (Å²) in [5.74, 6) is -10.4. The van der Waals surface area contributed by atoms with Crippen molar-refractivity contribution < 1.29 is 141 Å². The van der Waals surface area contributed by atoms with Crippen LogP contribution < -0.4 is 56.8 Å². The third-order valence-corrected chi connectivity index (χ3v) is 53.4. The number of carboxylic acids is 1. The summed E-state index contributed by atoms with van der Waals surface area (Å²) >= 11 is 13.5. The minimum absolute atomic E-state index is 0. The molecule has 4 aromatic heterocycles. The molecule has 0 unspecified atom stereocenters. The summed E-state index contributed by atoms with van der Waals surface area (Å²) in [6.07, 6.45) is -2.38. The van der Waals surface area contributed by atoms with Crippen LogP contribution in [0, 0.1) is 17.5 Å². The van der Waals surface area contributed by atoms with Crippen LogP contribution in [0.15, 0.2) is 54.6 Å². The van der Waals surface area contributed by atoms with Gasteiger partial charge >= 0.3 is 42.7 Å². The SMILES string of the molecule is COC(=O)CCC(=O)c1cc2c(F)c(OC)c(OC)cc2s1.COC(=O)CCC(=O)c1cc2cc(OC)c(OC)cc2s1.COC(=O)CCC(F)(F)c1cc2c(F)c(OC)c(OC)cc2s1.COc1cc2sc(C(F)(F)CCC(=O)O)cc2c(F)c1OC.S=S=S=S=S=S=S=S=S=S=S=S=S=S=S=S=S=S=S.[Li+].[OH-]. The number of carbonyl (C=O) groups excluding carboxylic acids is 5. The Balaban J connectivity index is 0.000000461. The second-order valence-corrected chi connectivity index (χ2v) is 53.6. The van der Waals surface area contributed by atoms with Gasteiger partial charge in [-0.15, -0.1) is 45.3 Å². The van der Waals surface area contributed by atoms with Gasteiger partial charge < -0.3 is 62.7 Å². The fraction of sp³-hybridized carbons (Fsp3) is 0.356. The number of Topliss-reactive ketones (excluding diaryl/α,β-unsaturated/α-hetero) is 2. The summed E-state index contributed by atoms with van der Waals surface area (Å²) in [6, 6.07) is 13.5. The van der Waals surface area contributed by atoms with Crippen LogP contribution in [-0.2, 0) is 219 Å². The van der Waals surface area contributed by atoms with Crippen LogP contribution >= 0.6 is 45.3 Å². The van der Waals surface area contributed by atoms with Crippen molar-refractivity contribution in [3.8, 4) is 46.0 Å². The Morgan fingerprint density at radius 1 is 0.376 bits per heavy atom. The topological polar surface area (TPSA) is 254 Å². The van der Waals surface area contributed by atoms with Crippen molar-refractivity contribution >= 4 is 294 Å². The normalized spacial score (nSPS) is 10.2. The molecule has 19 nitrogen and oxygen atoms in total. The van der Waals surface area contributed by atoms with E-state index in [0.29, 0.717) is 47.4 Å². The number of alkyl halides is 4. The molecule has 598 valence electrons. The van der Waals surface area contributed by atoms with Crippen LogP contribution in [0.4, 0.5) is 30.7 Å². The zero-order chi connectivity index (χ0) is 79.4. The van der Waals surface area contributed by atoms with Crippen LogP contribution in [0.2, 0.25) is 0 Å². The molecule has 4 aromatic carbocycles. The molecule has 0 aliphatic rings. The van der Waals surface area contributed by atoms with Crippen LogP contribution in [-0.4, -0.2) is 124 Å². The third kappa shape index (κ3) is 32.3. The number of hydrogen-bond acceptors (Lipinski definition) is 24. The summed E-state index contributed by atoms with van der Waals surface area (Å²) < 4.78 is 155. The summed E-state index contributed by atoms with van der Waals surface area (Å²) in [7, 11) is 43.8. The number of methoxy groups -OCH3 is 11. The predicted molar refractivity (Wildman–Crippen MR) is 459 cm³/mol. The molecule has 50 heteroatoms. The summed E-state index contributed by atoms with van der Waals surface area (Å²) in [6.45, 7) is 0. The number of thiophene rings is 4. The van der Waals surface area contributed by atoms with E-state index < -0.39 is 77.8 Å². The maximum Gasteiger partial charge on any atom is 1.00 e. The van der Waals surface area contributed by atoms with Gasteiger partial charge in [0.15, 0.2) is 75.0 Å². The van der Waals surface area contributed by atoms with E-state index in [4.69, 9.17) is 65.4 Å². The minimum atomic E-state index is -3.34. The van der Waals surface area contributed by atoms with E-state index >= 15 is 0 Å². The van der Waals surface area contributed by atoms with E-state index in [2.05, 4.69) is 14.2 Å². The van der Waals surface area contributed by atoms with Gasteiger partial charge in [-0.3, -0.25) is 28.8 Å². The van der Waals surface area contributed by atoms with Gasteiger partial charge in [-0.2, -0.15) is 0 Å². The summed E-state index contributed by atoms with van der Waals surface area (Å²) in [4.78, 5) is 68.1. The number of ether oxygens (including phenoxy) is 11. The quantitative estimate of drug-likeness (QED) is 0.0194. The van der Waals surface area contributed by atoms with Crippen molar-refractivity contribution in [2.24, 2.45) is 0 Å². The predicted octanol–water partition coefficient (Wildman–Crippen LogP) is 11.1. The molecule has 0 fully saturated rings. The Labute approximate surface area is 705 Å². The Hall–Kier alpha value is -3.41. The van der Waals surface area contributed by atoms with Crippen molar-refractivity contribution in [3.63, 3.8) is 0 Å². The maximum absolute atomic E-state index is 14.4. The van der Waals surface area contributed by atoms with Gasteiger partial charge in [0, 0.05) is 258 Å². The van der Waals surface area contributed by atoms with Gasteiger partial charge in [0.2, 0.25) is 0 Å². The first-order valence-electron chi connectivity index (χ1n) is 28.7. The van der Waals surface area contributed by atoms with E-state index in [1.807, 2.05) is 18.2 Å². The Morgan fingerprint density at radius 2 is 0.670 bits per heavy atom. The smallest absolute Gasteiger partial charge is 0.870 e. The maximum atomic E-state index is 14.4. The average Bonchev–Trinajstić information content (AvgIpc) is 1.65. The number of ketones is 2. The molecule has 0 saturated carbocycles. The zero-order valence-electron chi connectivity index (χ0n) is 58.2. The number of fused-ring (bicyclic) bond motifs is 4. The molecule has 0 spiro atoms. The second-order valence-electron chi connectivity index (χ2n) is 19.2. The first-order valence-corrected chi connectivity index (χ1v) is 55.9. The number of esters is 3. The molecule has 0 radical (unpaired) electrons. The molecule has 0 amide bonds. The Kier molecular flexibility index (Phi) is 50.1. The first kappa shape index (κ1) is 102. The van der Waals surface area contributed by atoms with Gasteiger partial charge in [-0.05, 0) is 35.7 Å². The molecule has 8 aromatic rings. The van der Waals surface area contributed by atoms with Crippen molar-refractivity contribution in [1.29, 1.82) is 0 Å². The molecule has 4 heterocycles. The molecular formula is C59H60F7LiO19S23. The van der Waals surface area contributed by atoms with Crippen molar-refractivity contribution in [2.75, 3.05) is 78.2 Å². The Bertz CT molecular complexity index is 5280. The first-order chi connectivity index (χ1) is 51.1. The van der Waals surface area contributed by atoms with Gasteiger partial charge in [0.1, 0.15) is 0 Å². The van der Waals surface area contributed by atoms with E-state index in [1.54, 1.807) is 153 Å². The molecule has 2 N–H and O–H groups in total. The van der Waals surface area contributed by atoms with Gasteiger partial charge in [-0.25, -0.2) is 30.7 Å². The van der Waals surface area contributed by atoms with E-state index in [9.17, 15) is 59.5 Å². The van der Waals surface area contributed by atoms with Crippen molar-refractivity contribution in [2.45, 2.75) is 63.2 Å². The van der Waals surface area contributed by atoms with E-state index in [0.717, 1.165) is 52.0 Å². The number of carboxylic acid groups (broad SMARTS) is 1. The molecule has 8 rings (SSSR count). The summed E-state index contributed by atoms with van der Waals surface area (Å²) in [5.41, 5.74) is 0. The number of benzene rings is 4. The summed E-state index contributed by atoms with van der Waals surface area (Å²) in [5, 5.41) is 9.75. The monoisotopic (exact) mass is 1950 g/mol. The van der Waals surface area contributed by atoms with Crippen molar-refractivity contribution in [3.05, 3.63) is 91.6 Å². The second kappa shape index (κ2) is 53.7. The van der Waals surface area contributed by atoms with E-state index in [1.165, 1.54) is 104 Å². The van der Waals surface area contributed by atoms with E-state index in [-0.39, 0.29) is 122 Å². The van der Waals surface area contributed by atoms with Gasteiger partial charge in [0.05, 0.1) is 123 Å². The Morgan fingerprint density at radius 3 is 1.00 bits per heavy atom. The molecule has 0 atom stereocenters.